The van der Waals surface area contributed by atoms with Crippen molar-refractivity contribution in [2.45, 2.75) is 50.7 Å². The van der Waals surface area contributed by atoms with E-state index in [0.29, 0.717) is 11.3 Å². The van der Waals surface area contributed by atoms with Crippen LogP contribution in [-0.4, -0.2) is 29.3 Å². The lowest BCUT2D eigenvalue weighted by Crippen LogP contribution is -2.45. The summed E-state index contributed by atoms with van der Waals surface area (Å²) >= 11 is 1.21. The summed E-state index contributed by atoms with van der Waals surface area (Å²) in [4.78, 5) is 23.2. The number of amides is 1. The first-order chi connectivity index (χ1) is 10.5. The Labute approximate surface area is 141 Å². The standard InChI is InChI=1S/C16H21NO4S2/c1-11(18)22-10-12-5-7-13(8-6-12)14-9-15(19)17(16(2,3)4)23(14,20)21/h5-8,14H,9-10H2,1-4H3. The van der Waals surface area contributed by atoms with Crippen LogP contribution < -0.4 is 0 Å². The Hall–Kier alpha value is -1.34. The number of thioether (sulfide) groups is 1. The number of benzene rings is 1. The van der Waals surface area contributed by atoms with E-state index in [-0.39, 0.29) is 17.4 Å². The summed E-state index contributed by atoms with van der Waals surface area (Å²) in [5.41, 5.74) is 0.799. The minimum atomic E-state index is -3.70. The molecule has 1 unspecified atom stereocenters. The van der Waals surface area contributed by atoms with Gasteiger partial charge in [-0.15, -0.1) is 0 Å². The van der Waals surface area contributed by atoms with Gasteiger partial charge in [0.2, 0.25) is 15.9 Å². The zero-order valence-corrected chi connectivity index (χ0v) is 15.3. The van der Waals surface area contributed by atoms with Gasteiger partial charge in [0.1, 0.15) is 5.25 Å². The molecule has 1 atom stereocenters. The second kappa shape index (κ2) is 6.28. The van der Waals surface area contributed by atoms with Crippen molar-refractivity contribution in [2.75, 3.05) is 0 Å². The molecule has 0 saturated carbocycles. The third-order valence-corrected chi connectivity index (χ3v) is 6.91. The van der Waals surface area contributed by atoms with Crippen molar-refractivity contribution in [3.05, 3.63) is 35.4 Å². The average Bonchev–Trinajstić information content (AvgIpc) is 2.66. The predicted molar refractivity (Wildman–Crippen MR) is 91.3 cm³/mol. The Balaban J connectivity index is 2.26. The molecule has 2 rings (SSSR count). The van der Waals surface area contributed by atoms with Gasteiger partial charge < -0.3 is 0 Å². The highest BCUT2D eigenvalue weighted by atomic mass is 32.2. The Morgan fingerprint density at radius 3 is 2.26 bits per heavy atom. The van der Waals surface area contributed by atoms with Crippen LogP contribution in [0.15, 0.2) is 24.3 Å². The van der Waals surface area contributed by atoms with Crippen LogP contribution in [0.25, 0.3) is 0 Å². The lowest BCUT2D eigenvalue weighted by atomic mass is 10.1. The summed E-state index contributed by atoms with van der Waals surface area (Å²) in [6.07, 6.45) is -0.0266. The fourth-order valence-corrected chi connectivity index (χ4v) is 5.47. The zero-order valence-electron chi connectivity index (χ0n) is 13.7. The Kier molecular flexibility index (Phi) is 4.92. The van der Waals surface area contributed by atoms with Gasteiger partial charge in [-0.3, -0.25) is 9.59 Å². The Morgan fingerprint density at radius 1 is 1.26 bits per heavy atom. The van der Waals surface area contributed by atoms with Gasteiger partial charge in [0.15, 0.2) is 5.12 Å². The summed E-state index contributed by atoms with van der Waals surface area (Å²) in [7, 11) is -3.70. The topological polar surface area (TPSA) is 71.5 Å². The Bertz CT molecular complexity index is 717. The lowest BCUT2D eigenvalue weighted by molar-refractivity contribution is -0.128. The fraction of sp³-hybridized carbons (Fsp3) is 0.500. The van der Waals surface area contributed by atoms with Crippen molar-refractivity contribution in [2.24, 2.45) is 0 Å². The second-order valence-corrected chi connectivity index (χ2v) is 9.70. The van der Waals surface area contributed by atoms with E-state index >= 15 is 0 Å². The lowest BCUT2D eigenvalue weighted by Gasteiger charge is -2.30. The van der Waals surface area contributed by atoms with Gasteiger partial charge in [0.25, 0.3) is 0 Å². The number of carbonyl (C=O) groups is 2. The summed E-state index contributed by atoms with van der Waals surface area (Å²) in [6.45, 7) is 6.66. The molecule has 1 aliphatic rings. The van der Waals surface area contributed by atoms with Crippen LogP contribution in [0.5, 0.6) is 0 Å². The van der Waals surface area contributed by atoms with Crippen molar-refractivity contribution in [1.82, 2.24) is 4.31 Å². The number of rotatable bonds is 3. The van der Waals surface area contributed by atoms with E-state index in [1.165, 1.54) is 18.7 Å². The highest BCUT2D eigenvalue weighted by molar-refractivity contribution is 8.12. The first-order valence-electron chi connectivity index (χ1n) is 7.33. The normalized spacial score (nSPS) is 20.8. The van der Waals surface area contributed by atoms with Crippen molar-refractivity contribution in [3.63, 3.8) is 0 Å². The van der Waals surface area contributed by atoms with Gasteiger partial charge in [-0.2, -0.15) is 0 Å². The minimum Gasteiger partial charge on any atom is -0.288 e. The van der Waals surface area contributed by atoms with E-state index in [0.717, 1.165) is 9.87 Å². The van der Waals surface area contributed by atoms with Crippen LogP contribution in [0, 0.1) is 0 Å². The highest BCUT2D eigenvalue weighted by Gasteiger charge is 2.49. The number of hydrogen-bond donors (Lipinski definition) is 0. The number of carbonyl (C=O) groups excluding carboxylic acids is 2. The molecule has 0 N–H and O–H groups in total. The molecule has 1 fully saturated rings. The second-order valence-electron chi connectivity index (χ2n) is 6.59. The summed E-state index contributed by atoms with van der Waals surface area (Å²) in [5, 5.41) is -0.789. The van der Waals surface area contributed by atoms with Gasteiger partial charge in [-0.25, -0.2) is 12.7 Å². The first-order valence-corrected chi connectivity index (χ1v) is 9.81. The van der Waals surface area contributed by atoms with E-state index in [1.807, 2.05) is 12.1 Å². The third kappa shape index (κ3) is 3.77. The molecule has 5 nitrogen and oxygen atoms in total. The van der Waals surface area contributed by atoms with Gasteiger partial charge in [-0.05, 0) is 31.9 Å². The largest absolute Gasteiger partial charge is 0.288 e. The van der Waals surface area contributed by atoms with Crippen molar-refractivity contribution < 1.29 is 18.0 Å². The molecule has 1 amide bonds. The predicted octanol–water partition coefficient (Wildman–Crippen LogP) is 2.87. The number of nitrogens with zero attached hydrogens (tertiary/aromatic N) is 1. The van der Waals surface area contributed by atoms with Crippen LogP contribution in [0.1, 0.15) is 50.5 Å². The summed E-state index contributed by atoms with van der Waals surface area (Å²) in [6, 6.07) is 7.09. The molecule has 1 aromatic carbocycles. The number of sulfonamides is 1. The van der Waals surface area contributed by atoms with Crippen LogP contribution in [0.3, 0.4) is 0 Å². The molecule has 126 valence electrons. The third-order valence-electron chi connectivity index (χ3n) is 3.60. The molecular formula is C16H21NO4S2. The SMILES string of the molecule is CC(=O)SCc1ccc(C2CC(=O)N(C(C)(C)C)S2(=O)=O)cc1. The molecule has 1 aromatic rings. The molecule has 0 aromatic heterocycles. The molecule has 1 heterocycles. The van der Waals surface area contributed by atoms with Crippen LogP contribution >= 0.6 is 11.8 Å². The van der Waals surface area contributed by atoms with Crippen molar-refractivity contribution >= 4 is 32.8 Å². The summed E-state index contributed by atoms with van der Waals surface area (Å²) < 4.78 is 26.4. The molecule has 0 bridgehead atoms. The van der Waals surface area contributed by atoms with Crippen molar-refractivity contribution in [1.29, 1.82) is 0 Å². The quantitative estimate of drug-likeness (QED) is 0.834. The molecule has 1 saturated heterocycles. The highest BCUT2D eigenvalue weighted by Crippen LogP contribution is 2.40. The van der Waals surface area contributed by atoms with Crippen LogP contribution in [-0.2, 0) is 25.4 Å². The molecule has 23 heavy (non-hydrogen) atoms. The fourth-order valence-electron chi connectivity index (χ4n) is 2.68. The van der Waals surface area contributed by atoms with E-state index in [1.54, 1.807) is 32.9 Å². The van der Waals surface area contributed by atoms with E-state index in [9.17, 15) is 18.0 Å². The van der Waals surface area contributed by atoms with E-state index in [2.05, 4.69) is 0 Å². The average molecular weight is 355 g/mol. The van der Waals surface area contributed by atoms with Crippen molar-refractivity contribution in [3.8, 4) is 0 Å². The van der Waals surface area contributed by atoms with Crippen LogP contribution in [0.4, 0.5) is 0 Å². The zero-order chi connectivity index (χ0) is 17.4. The van der Waals surface area contributed by atoms with E-state index in [4.69, 9.17) is 0 Å². The monoisotopic (exact) mass is 355 g/mol. The summed E-state index contributed by atoms with van der Waals surface area (Å²) in [5.74, 6) is 0.193. The number of hydrogen-bond acceptors (Lipinski definition) is 5. The van der Waals surface area contributed by atoms with Crippen LogP contribution in [0.2, 0.25) is 0 Å². The molecule has 0 aliphatic carbocycles. The smallest absolute Gasteiger partial charge is 0.245 e. The maximum Gasteiger partial charge on any atom is 0.245 e. The van der Waals surface area contributed by atoms with Gasteiger partial charge in [-0.1, -0.05) is 36.0 Å². The minimum absolute atomic E-state index is 0.0266. The van der Waals surface area contributed by atoms with Gasteiger partial charge in [0.05, 0.1) is 12.0 Å². The first kappa shape index (κ1) is 18.0. The van der Waals surface area contributed by atoms with Gasteiger partial charge in [0, 0.05) is 12.7 Å². The van der Waals surface area contributed by atoms with Gasteiger partial charge >= 0.3 is 0 Å². The molecule has 1 aliphatic heterocycles. The maximum absolute atomic E-state index is 12.7. The molecule has 7 heteroatoms. The van der Waals surface area contributed by atoms with E-state index < -0.39 is 20.8 Å². The Morgan fingerprint density at radius 2 is 1.83 bits per heavy atom. The molecule has 0 spiro atoms. The molecular weight excluding hydrogens is 334 g/mol. The maximum atomic E-state index is 12.7. The molecule has 0 radical (unpaired) electrons.